The molecule has 0 unspecified atom stereocenters. The number of carbonyl (C=O) groups excluding carboxylic acids is 1. The highest BCUT2D eigenvalue weighted by Gasteiger charge is 2.35. The van der Waals surface area contributed by atoms with Gasteiger partial charge < -0.3 is 10.4 Å². The predicted octanol–water partition coefficient (Wildman–Crippen LogP) is 3.21. The topological polar surface area (TPSA) is 66.4 Å². The zero-order valence-corrected chi connectivity index (χ0v) is 13.0. The van der Waals surface area contributed by atoms with Gasteiger partial charge >= 0.3 is 5.97 Å². The van der Waals surface area contributed by atoms with Crippen molar-refractivity contribution < 1.29 is 19.1 Å². The number of amides is 1. The summed E-state index contributed by atoms with van der Waals surface area (Å²) >= 11 is 3.11. The van der Waals surface area contributed by atoms with Crippen LogP contribution in [-0.4, -0.2) is 23.5 Å². The molecule has 0 fully saturated rings. The molecule has 4 nitrogen and oxygen atoms in total. The molecule has 0 heterocycles. The van der Waals surface area contributed by atoms with Crippen LogP contribution in [0.5, 0.6) is 0 Å². The molecule has 0 aliphatic rings. The molecule has 0 saturated carbocycles. The average Bonchev–Trinajstić information content (AvgIpc) is 2.39. The average molecular weight is 346 g/mol. The number of carbonyl (C=O) groups is 2. The summed E-state index contributed by atoms with van der Waals surface area (Å²) < 4.78 is 13.3. The van der Waals surface area contributed by atoms with Crippen LogP contribution in [0.15, 0.2) is 22.7 Å². The van der Waals surface area contributed by atoms with Gasteiger partial charge in [-0.1, -0.05) is 13.8 Å². The number of rotatable bonds is 6. The van der Waals surface area contributed by atoms with Gasteiger partial charge in [-0.15, -0.1) is 0 Å². The first-order valence-corrected chi connectivity index (χ1v) is 7.12. The van der Waals surface area contributed by atoms with E-state index in [-0.39, 0.29) is 12.1 Å². The Bertz CT molecular complexity index is 515. The van der Waals surface area contributed by atoms with Gasteiger partial charge in [0.15, 0.2) is 0 Å². The molecule has 0 aliphatic heterocycles. The maximum absolute atomic E-state index is 13.0. The molecular formula is C14H17BrFNO3. The molecule has 1 rings (SSSR count). The Morgan fingerprint density at radius 2 is 1.95 bits per heavy atom. The van der Waals surface area contributed by atoms with Crippen LogP contribution in [-0.2, 0) is 4.79 Å². The van der Waals surface area contributed by atoms with Crippen molar-refractivity contribution in [3.8, 4) is 0 Å². The van der Waals surface area contributed by atoms with Crippen LogP contribution in [0.4, 0.5) is 4.39 Å². The molecule has 0 aliphatic carbocycles. The largest absolute Gasteiger partial charge is 0.481 e. The van der Waals surface area contributed by atoms with Gasteiger partial charge in [0.25, 0.3) is 5.91 Å². The summed E-state index contributed by atoms with van der Waals surface area (Å²) in [7, 11) is 0. The van der Waals surface area contributed by atoms with Crippen molar-refractivity contribution in [2.45, 2.75) is 26.7 Å². The van der Waals surface area contributed by atoms with Gasteiger partial charge in [0.2, 0.25) is 0 Å². The van der Waals surface area contributed by atoms with Crippen LogP contribution in [0.1, 0.15) is 37.0 Å². The lowest BCUT2D eigenvalue weighted by Gasteiger charge is -2.26. The van der Waals surface area contributed by atoms with E-state index in [9.17, 15) is 19.1 Å². The van der Waals surface area contributed by atoms with Crippen LogP contribution < -0.4 is 5.32 Å². The van der Waals surface area contributed by atoms with Crippen LogP contribution in [0, 0.1) is 11.2 Å². The molecule has 0 radical (unpaired) electrons. The standard InChI is InChI=1S/C14H17BrFNO3/c1-3-14(4-2,13(19)20)8-17-12(18)10-6-5-9(16)7-11(10)15/h5-7H,3-4,8H2,1-2H3,(H,17,18)(H,19,20). The van der Waals surface area contributed by atoms with E-state index in [4.69, 9.17) is 0 Å². The highest BCUT2D eigenvalue weighted by molar-refractivity contribution is 9.10. The number of benzene rings is 1. The van der Waals surface area contributed by atoms with Crippen molar-refractivity contribution in [2.75, 3.05) is 6.54 Å². The molecule has 20 heavy (non-hydrogen) atoms. The SMILES string of the molecule is CCC(CC)(CNC(=O)c1ccc(F)cc1Br)C(=O)O. The number of nitrogens with one attached hydrogen (secondary N) is 1. The van der Waals surface area contributed by atoms with Crippen molar-refractivity contribution in [3.05, 3.63) is 34.1 Å². The van der Waals surface area contributed by atoms with Gasteiger partial charge in [0.05, 0.1) is 11.0 Å². The van der Waals surface area contributed by atoms with E-state index >= 15 is 0 Å². The Labute approximate surface area is 125 Å². The second-order valence-electron chi connectivity index (χ2n) is 4.60. The fourth-order valence-corrected chi connectivity index (χ4v) is 2.43. The fourth-order valence-electron chi connectivity index (χ4n) is 1.90. The van der Waals surface area contributed by atoms with Gasteiger partial charge in [0.1, 0.15) is 5.82 Å². The number of hydrogen-bond donors (Lipinski definition) is 2. The minimum Gasteiger partial charge on any atom is -0.481 e. The van der Waals surface area contributed by atoms with Crippen LogP contribution in [0.25, 0.3) is 0 Å². The minimum absolute atomic E-state index is 0.0397. The van der Waals surface area contributed by atoms with E-state index in [1.54, 1.807) is 13.8 Å². The molecule has 0 aromatic heterocycles. The summed E-state index contributed by atoms with van der Waals surface area (Å²) in [6.45, 7) is 3.59. The smallest absolute Gasteiger partial charge is 0.311 e. The zero-order chi connectivity index (χ0) is 15.3. The van der Waals surface area contributed by atoms with E-state index in [0.717, 1.165) is 0 Å². The Kier molecular flexibility index (Phi) is 5.68. The summed E-state index contributed by atoms with van der Waals surface area (Å²) in [4.78, 5) is 23.4. The monoisotopic (exact) mass is 345 g/mol. The molecule has 1 amide bonds. The summed E-state index contributed by atoms with van der Waals surface area (Å²) in [5.74, 6) is -1.80. The van der Waals surface area contributed by atoms with E-state index in [1.807, 2.05) is 0 Å². The summed E-state index contributed by atoms with van der Waals surface area (Å²) in [5, 5.41) is 11.9. The molecule has 2 N–H and O–H groups in total. The first-order chi connectivity index (χ1) is 9.36. The molecule has 0 bridgehead atoms. The molecule has 0 atom stereocenters. The van der Waals surface area contributed by atoms with Crippen molar-refractivity contribution >= 4 is 27.8 Å². The number of halogens is 2. The first-order valence-electron chi connectivity index (χ1n) is 6.33. The van der Waals surface area contributed by atoms with E-state index in [1.165, 1.54) is 18.2 Å². The van der Waals surface area contributed by atoms with Crippen molar-refractivity contribution in [1.29, 1.82) is 0 Å². The highest BCUT2D eigenvalue weighted by Crippen LogP contribution is 2.26. The number of aliphatic carboxylic acids is 1. The Balaban J connectivity index is 2.83. The van der Waals surface area contributed by atoms with Crippen LogP contribution in [0.3, 0.4) is 0 Å². The lowest BCUT2D eigenvalue weighted by atomic mass is 9.82. The molecule has 110 valence electrons. The van der Waals surface area contributed by atoms with Crippen LogP contribution >= 0.6 is 15.9 Å². The molecular weight excluding hydrogens is 329 g/mol. The third-order valence-electron chi connectivity index (χ3n) is 3.57. The second-order valence-corrected chi connectivity index (χ2v) is 5.45. The maximum atomic E-state index is 13.0. The van der Waals surface area contributed by atoms with Gasteiger partial charge in [-0.2, -0.15) is 0 Å². The molecule has 1 aromatic rings. The first kappa shape index (κ1) is 16.6. The second kappa shape index (κ2) is 6.83. The number of carboxylic acid groups (broad SMARTS) is 1. The normalized spacial score (nSPS) is 11.2. The van der Waals surface area contributed by atoms with Gasteiger partial charge in [-0.3, -0.25) is 9.59 Å². The third kappa shape index (κ3) is 3.56. The predicted molar refractivity (Wildman–Crippen MR) is 77.1 cm³/mol. The zero-order valence-electron chi connectivity index (χ0n) is 11.4. The quantitative estimate of drug-likeness (QED) is 0.831. The summed E-state index contributed by atoms with van der Waals surface area (Å²) in [6, 6.07) is 3.73. The van der Waals surface area contributed by atoms with Crippen molar-refractivity contribution in [2.24, 2.45) is 5.41 Å². The fraction of sp³-hybridized carbons (Fsp3) is 0.429. The molecule has 0 spiro atoms. The lowest BCUT2D eigenvalue weighted by molar-refractivity contribution is -0.149. The van der Waals surface area contributed by atoms with E-state index < -0.39 is 23.1 Å². The van der Waals surface area contributed by atoms with E-state index in [2.05, 4.69) is 21.2 Å². The molecule has 6 heteroatoms. The summed E-state index contributed by atoms with van der Waals surface area (Å²) in [5.41, 5.74) is -0.694. The third-order valence-corrected chi connectivity index (χ3v) is 4.23. The lowest BCUT2D eigenvalue weighted by Crippen LogP contribution is -2.42. The van der Waals surface area contributed by atoms with Gasteiger partial charge in [-0.25, -0.2) is 4.39 Å². The van der Waals surface area contributed by atoms with Crippen LogP contribution in [0.2, 0.25) is 0 Å². The number of hydrogen-bond acceptors (Lipinski definition) is 2. The van der Waals surface area contributed by atoms with E-state index in [0.29, 0.717) is 17.3 Å². The maximum Gasteiger partial charge on any atom is 0.311 e. The molecule has 1 aromatic carbocycles. The summed E-state index contributed by atoms with van der Waals surface area (Å²) in [6.07, 6.45) is 0.841. The highest BCUT2D eigenvalue weighted by atomic mass is 79.9. The van der Waals surface area contributed by atoms with Crippen molar-refractivity contribution in [1.82, 2.24) is 5.32 Å². The minimum atomic E-state index is -0.970. The van der Waals surface area contributed by atoms with Gasteiger partial charge in [0, 0.05) is 11.0 Å². The van der Waals surface area contributed by atoms with Gasteiger partial charge in [-0.05, 0) is 47.0 Å². The Hall–Kier alpha value is -1.43. The van der Waals surface area contributed by atoms with Crippen molar-refractivity contribution in [3.63, 3.8) is 0 Å². The molecule has 0 saturated heterocycles. The Morgan fingerprint density at radius 3 is 2.40 bits per heavy atom. The number of carboxylic acids is 1. The Morgan fingerprint density at radius 1 is 1.35 bits per heavy atom.